The molecular weight excluding hydrogens is 220 g/mol. The molecule has 1 N–H and O–H groups in total. The molecule has 84 valence electrons. The van der Waals surface area contributed by atoms with Crippen LogP contribution in [0.15, 0.2) is 11.6 Å². The van der Waals surface area contributed by atoms with Gasteiger partial charge in [-0.15, -0.1) is 11.3 Å². The predicted molar refractivity (Wildman–Crippen MR) is 65.7 cm³/mol. The molecular formula is C11H14N4S. The zero-order valence-corrected chi connectivity index (χ0v) is 10.4. The van der Waals surface area contributed by atoms with Crippen molar-refractivity contribution in [3.05, 3.63) is 33.7 Å². The zero-order valence-electron chi connectivity index (χ0n) is 9.61. The molecule has 0 saturated heterocycles. The number of rotatable bonds is 3. The molecule has 2 heterocycles. The zero-order chi connectivity index (χ0) is 11.5. The smallest absolute Gasteiger partial charge is 0.148 e. The lowest BCUT2D eigenvalue weighted by Gasteiger charge is -2.06. The lowest BCUT2D eigenvalue weighted by atomic mass is 10.4. The number of aryl methyl sites for hydroxylation is 3. The Hall–Kier alpha value is -1.49. The van der Waals surface area contributed by atoms with Gasteiger partial charge in [0.05, 0.1) is 28.6 Å². The molecule has 5 heteroatoms. The number of nitrogens with zero attached hydrogens (tertiary/aromatic N) is 3. The van der Waals surface area contributed by atoms with Crippen molar-refractivity contribution in [2.45, 2.75) is 27.3 Å². The molecule has 0 aromatic carbocycles. The van der Waals surface area contributed by atoms with Crippen LogP contribution in [-0.4, -0.2) is 15.0 Å². The molecule has 0 spiro atoms. The first-order valence-electron chi connectivity index (χ1n) is 5.10. The molecule has 0 aliphatic rings. The third-order valence-electron chi connectivity index (χ3n) is 2.18. The predicted octanol–water partition coefficient (Wildman–Crippen LogP) is 2.47. The molecule has 16 heavy (non-hydrogen) atoms. The van der Waals surface area contributed by atoms with E-state index in [9.17, 15) is 0 Å². The molecule has 0 aliphatic carbocycles. The lowest BCUT2D eigenvalue weighted by molar-refractivity contribution is 0.993. The summed E-state index contributed by atoms with van der Waals surface area (Å²) in [6.45, 7) is 6.58. The van der Waals surface area contributed by atoms with Gasteiger partial charge in [0.25, 0.3) is 0 Å². The highest BCUT2D eigenvalue weighted by Crippen LogP contribution is 2.12. The molecule has 4 nitrogen and oxygen atoms in total. The molecule has 2 rings (SSSR count). The van der Waals surface area contributed by atoms with E-state index in [4.69, 9.17) is 0 Å². The fraction of sp³-hybridized carbons (Fsp3) is 0.364. The summed E-state index contributed by atoms with van der Waals surface area (Å²) in [7, 11) is 0. The minimum Gasteiger partial charge on any atom is -0.363 e. The maximum Gasteiger partial charge on any atom is 0.148 e. The van der Waals surface area contributed by atoms with Gasteiger partial charge in [-0.2, -0.15) is 0 Å². The number of nitrogens with one attached hydrogen (secondary N) is 1. The summed E-state index contributed by atoms with van der Waals surface area (Å²) in [5, 5.41) is 6.40. The van der Waals surface area contributed by atoms with Crippen molar-refractivity contribution in [2.24, 2.45) is 0 Å². The first-order chi connectivity index (χ1) is 7.65. The Bertz CT molecular complexity index is 492. The fourth-order valence-electron chi connectivity index (χ4n) is 1.37. The van der Waals surface area contributed by atoms with Crippen LogP contribution >= 0.6 is 11.3 Å². The van der Waals surface area contributed by atoms with Gasteiger partial charge < -0.3 is 5.32 Å². The van der Waals surface area contributed by atoms with E-state index in [0.29, 0.717) is 6.54 Å². The Morgan fingerprint density at radius 3 is 2.75 bits per heavy atom. The van der Waals surface area contributed by atoms with Gasteiger partial charge in [-0.3, -0.25) is 4.98 Å². The van der Waals surface area contributed by atoms with Crippen LogP contribution in [0.25, 0.3) is 0 Å². The molecule has 0 saturated carbocycles. The van der Waals surface area contributed by atoms with Gasteiger partial charge in [-0.1, -0.05) is 0 Å². The summed E-state index contributed by atoms with van der Waals surface area (Å²) in [4.78, 5) is 13.0. The van der Waals surface area contributed by atoms with Gasteiger partial charge in [0.1, 0.15) is 5.82 Å². The highest BCUT2D eigenvalue weighted by atomic mass is 32.1. The topological polar surface area (TPSA) is 50.7 Å². The SMILES string of the molecule is Cc1cnc(C)c(NCc2csc(C)n2)n1. The number of hydrogen-bond acceptors (Lipinski definition) is 5. The molecule has 0 amide bonds. The molecule has 0 unspecified atom stereocenters. The van der Waals surface area contributed by atoms with Crippen molar-refractivity contribution < 1.29 is 0 Å². The van der Waals surface area contributed by atoms with E-state index in [-0.39, 0.29) is 0 Å². The fourth-order valence-corrected chi connectivity index (χ4v) is 1.98. The van der Waals surface area contributed by atoms with Crippen LogP contribution in [-0.2, 0) is 6.54 Å². The molecule has 0 atom stereocenters. The second-order valence-corrected chi connectivity index (χ2v) is 4.72. The average Bonchev–Trinajstić information content (AvgIpc) is 2.66. The van der Waals surface area contributed by atoms with Crippen molar-refractivity contribution in [1.29, 1.82) is 0 Å². The van der Waals surface area contributed by atoms with Gasteiger partial charge in [-0.05, 0) is 20.8 Å². The van der Waals surface area contributed by atoms with Gasteiger partial charge in [0.2, 0.25) is 0 Å². The lowest BCUT2D eigenvalue weighted by Crippen LogP contribution is -2.05. The number of anilines is 1. The van der Waals surface area contributed by atoms with Crippen LogP contribution in [0.1, 0.15) is 22.1 Å². The van der Waals surface area contributed by atoms with Crippen molar-refractivity contribution in [1.82, 2.24) is 15.0 Å². The van der Waals surface area contributed by atoms with Gasteiger partial charge in [0.15, 0.2) is 0 Å². The van der Waals surface area contributed by atoms with Crippen LogP contribution in [0.3, 0.4) is 0 Å². The Kier molecular flexibility index (Phi) is 3.14. The Morgan fingerprint density at radius 1 is 1.25 bits per heavy atom. The number of thiazole rings is 1. The normalized spacial score (nSPS) is 10.4. The third kappa shape index (κ3) is 2.55. The largest absolute Gasteiger partial charge is 0.363 e. The molecule has 2 aromatic rings. The standard InChI is InChI=1S/C11H14N4S/c1-7-4-12-8(2)11(14-7)13-5-10-6-16-9(3)15-10/h4,6H,5H2,1-3H3,(H,13,14). The third-order valence-corrected chi connectivity index (χ3v) is 3.00. The minimum absolute atomic E-state index is 0.698. The van der Waals surface area contributed by atoms with Crippen LogP contribution in [0, 0.1) is 20.8 Å². The molecule has 2 aromatic heterocycles. The van der Waals surface area contributed by atoms with E-state index < -0.39 is 0 Å². The molecule has 0 radical (unpaired) electrons. The quantitative estimate of drug-likeness (QED) is 0.886. The second-order valence-electron chi connectivity index (χ2n) is 3.66. The number of aromatic nitrogens is 3. The van der Waals surface area contributed by atoms with Crippen molar-refractivity contribution >= 4 is 17.2 Å². The maximum absolute atomic E-state index is 4.40. The Labute approximate surface area is 98.8 Å². The van der Waals surface area contributed by atoms with E-state index in [1.807, 2.05) is 20.8 Å². The minimum atomic E-state index is 0.698. The van der Waals surface area contributed by atoms with Crippen molar-refractivity contribution in [2.75, 3.05) is 5.32 Å². The summed E-state index contributed by atoms with van der Waals surface area (Å²) in [5.74, 6) is 0.839. The second kappa shape index (κ2) is 4.57. The van der Waals surface area contributed by atoms with Crippen LogP contribution < -0.4 is 5.32 Å². The van der Waals surface area contributed by atoms with Crippen LogP contribution in [0.5, 0.6) is 0 Å². The Morgan fingerprint density at radius 2 is 2.06 bits per heavy atom. The molecule has 0 bridgehead atoms. The monoisotopic (exact) mass is 234 g/mol. The van der Waals surface area contributed by atoms with Gasteiger partial charge in [-0.25, -0.2) is 9.97 Å². The summed E-state index contributed by atoms with van der Waals surface area (Å²) in [6.07, 6.45) is 1.77. The van der Waals surface area contributed by atoms with E-state index >= 15 is 0 Å². The van der Waals surface area contributed by atoms with Crippen LogP contribution in [0.4, 0.5) is 5.82 Å². The summed E-state index contributed by atoms with van der Waals surface area (Å²) < 4.78 is 0. The van der Waals surface area contributed by atoms with E-state index in [0.717, 1.165) is 27.9 Å². The maximum atomic E-state index is 4.40. The first-order valence-corrected chi connectivity index (χ1v) is 5.98. The van der Waals surface area contributed by atoms with Gasteiger partial charge >= 0.3 is 0 Å². The highest BCUT2D eigenvalue weighted by Gasteiger charge is 2.03. The summed E-state index contributed by atoms with van der Waals surface area (Å²) in [5.41, 5.74) is 2.88. The van der Waals surface area contributed by atoms with Crippen LogP contribution in [0.2, 0.25) is 0 Å². The molecule has 0 fully saturated rings. The van der Waals surface area contributed by atoms with E-state index in [2.05, 4.69) is 25.6 Å². The average molecular weight is 234 g/mol. The Balaban J connectivity index is 2.07. The highest BCUT2D eigenvalue weighted by molar-refractivity contribution is 7.09. The number of hydrogen-bond donors (Lipinski definition) is 1. The summed E-state index contributed by atoms with van der Waals surface area (Å²) >= 11 is 1.66. The molecule has 0 aliphatic heterocycles. The van der Waals surface area contributed by atoms with Gasteiger partial charge in [0, 0.05) is 11.6 Å². The first kappa shape index (κ1) is 11.0. The van der Waals surface area contributed by atoms with Crippen molar-refractivity contribution in [3.63, 3.8) is 0 Å². The van der Waals surface area contributed by atoms with E-state index in [1.54, 1.807) is 17.5 Å². The summed E-state index contributed by atoms with van der Waals surface area (Å²) in [6, 6.07) is 0. The van der Waals surface area contributed by atoms with E-state index in [1.165, 1.54) is 0 Å². The van der Waals surface area contributed by atoms with Crippen molar-refractivity contribution in [3.8, 4) is 0 Å².